The molecule has 0 aromatic heterocycles. The predicted molar refractivity (Wildman–Crippen MR) is 53.3 cm³/mol. The van der Waals surface area contributed by atoms with E-state index >= 15 is 0 Å². The number of ketones is 1. The molecular weight excluding hydrogens is 220 g/mol. The Morgan fingerprint density at radius 3 is 2.33 bits per heavy atom. The van der Waals surface area contributed by atoms with Crippen LogP contribution in [0.1, 0.15) is 17.3 Å². The van der Waals surface area contributed by atoms with Crippen LogP contribution < -0.4 is 4.74 Å². The Morgan fingerprint density at radius 1 is 1.33 bits per heavy atom. The number of hydrogen-bond donors (Lipinski definition) is 0. The average molecular weight is 231 g/mol. The van der Waals surface area contributed by atoms with Crippen molar-refractivity contribution in [1.82, 2.24) is 0 Å². The molecule has 0 bridgehead atoms. The van der Waals surface area contributed by atoms with E-state index < -0.39 is 0 Å². The Kier molecular flexibility index (Phi) is 4.59. The topological polar surface area (TPSA) is 26.3 Å². The molecule has 1 aromatic rings. The lowest BCUT2D eigenvalue weighted by molar-refractivity contribution is 0.101. The highest BCUT2D eigenvalue weighted by atomic mass is 79.9. The van der Waals surface area contributed by atoms with Gasteiger partial charge in [-0.05, 0) is 19.1 Å². The highest BCUT2D eigenvalue weighted by Gasteiger charge is 2.04. The molecule has 0 aliphatic heterocycles. The highest BCUT2D eigenvalue weighted by Crippen LogP contribution is 2.16. The molecule has 0 spiro atoms. The monoisotopic (exact) mass is 230 g/mol. The van der Waals surface area contributed by atoms with Crippen molar-refractivity contribution in [3.63, 3.8) is 0 Å². The van der Waals surface area contributed by atoms with Crippen molar-refractivity contribution in [3.05, 3.63) is 29.8 Å². The van der Waals surface area contributed by atoms with Gasteiger partial charge in [0.05, 0.1) is 12.7 Å². The molecule has 1 rings (SSSR count). The lowest BCUT2D eigenvalue weighted by Crippen LogP contribution is -1.96. The molecule has 0 unspecified atom stereocenters. The molecule has 2 nitrogen and oxygen atoms in total. The van der Waals surface area contributed by atoms with Crippen LogP contribution in [0.25, 0.3) is 0 Å². The number of halogens is 1. The summed E-state index contributed by atoms with van der Waals surface area (Å²) in [6.45, 7) is 1.53. The van der Waals surface area contributed by atoms with Crippen molar-refractivity contribution in [2.45, 2.75) is 6.92 Å². The third-order valence-corrected chi connectivity index (χ3v) is 1.49. The molecule has 0 saturated heterocycles. The fourth-order valence-electron chi connectivity index (χ4n) is 0.935. The van der Waals surface area contributed by atoms with E-state index in [4.69, 9.17) is 4.74 Å². The molecule has 0 radical (unpaired) electrons. The molecule has 66 valence electrons. The van der Waals surface area contributed by atoms with Crippen molar-refractivity contribution in [2.75, 3.05) is 7.11 Å². The number of carbonyl (C=O) groups is 1. The number of para-hydroxylation sites is 1. The first-order valence-corrected chi connectivity index (χ1v) is 3.39. The second kappa shape index (κ2) is 4.93. The summed E-state index contributed by atoms with van der Waals surface area (Å²) in [5.41, 5.74) is 0.634. The molecule has 0 heterocycles. The van der Waals surface area contributed by atoms with Gasteiger partial charge in [-0.2, -0.15) is 0 Å². The third kappa shape index (κ3) is 2.34. The zero-order valence-electron chi connectivity index (χ0n) is 7.03. The van der Waals surface area contributed by atoms with E-state index in [-0.39, 0.29) is 22.8 Å². The van der Waals surface area contributed by atoms with Crippen molar-refractivity contribution >= 4 is 22.8 Å². The zero-order chi connectivity index (χ0) is 8.27. The molecule has 0 N–H and O–H groups in total. The Bertz CT molecular complexity index is 271. The lowest BCUT2D eigenvalue weighted by atomic mass is 10.1. The minimum Gasteiger partial charge on any atom is -0.496 e. The second-order valence-electron chi connectivity index (χ2n) is 2.26. The van der Waals surface area contributed by atoms with Gasteiger partial charge in [0.2, 0.25) is 0 Å². The number of Topliss-reactive ketones (excluding diaryl/α,β-unsaturated/α-hetero) is 1. The summed E-state index contributed by atoms with van der Waals surface area (Å²) in [6, 6.07) is 7.18. The molecule has 1 aromatic carbocycles. The van der Waals surface area contributed by atoms with E-state index in [0.29, 0.717) is 11.3 Å². The predicted octanol–water partition coefficient (Wildman–Crippen LogP) is 2.48. The molecule has 0 aliphatic rings. The fraction of sp³-hybridized carbons (Fsp3) is 0.222. The van der Waals surface area contributed by atoms with E-state index in [1.165, 1.54) is 6.92 Å². The van der Waals surface area contributed by atoms with Gasteiger partial charge in [0, 0.05) is 0 Å². The number of rotatable bonds is 2. The largest absolute Gasteiger partial charge is 0.496 e. The number of hydrogen-bond acceptors (Lipinski definition) is 2. The van der Waals surface area contributed by atoms with Gasteiger partial charge in [-0.3, -0.25) is 4.79 Å². The van der Waals surface area contributed by atoms with Gasteiger partial charge >= 0.3 is 0 Å². The van der Waals surface area contributed by atoms with Gasteiger partial charge in [-0.25, -0.2) is 0 Å². The van der Waals surface area contributed by atoms with E-state index in [1.807, 2.05) is 12.1 Å². The van der Waals surface area contributed by atoms with E-state index in [1.54, 1.807) is 19.2 Å². The van der Waals surface area contributed by atoms with Crippen LogP contribution in [-0.2, 0) is 0 Å². The molecule has 12 heavy (non-hydrogen) atoms. The Labute approximate surface area is 82.3 Å². The minimum absolute atomic E-state index is 0. The Morgan fingerprint density at radius 2 is 1.92 bits per heavy atom. The summed E-state index contributed by atoms with van der Waals surface area (Å²) >= 11 is 0. The van der Waals surface area contributed by atoms with Crippen molar-refractivity contribution in [1.29, 1.82) is 0 Å². The number of carbonyl (C=O) groups excluding carboxylic acids is 1. The smallest absolute Gasteiger partial charge is 0.163 e. The van der Waals surface area contributed by atoms with Crippen LogP contribution in [0.2, 0.25) is 0 Å². The van der Waals surface area contributed by atoms with E-state index in [9.17, 15) is 4.79 Å². The molecular formula is C9H11BrO2. The quantitative estimate of drug-likeness (QED) is 0.731. The second-order valence-corrected chi connectivity index (χ2v) is 2.26. The lowest BCUT2D eigenvalue weighted by Gasteiger charge is -2.03. The average Bonchev–Trinajstić information content (AvgIpc) is 2.04. The first-order valence-electron chi connectivity index (χ1n) is 3.39. The van der Waals surface area contributed by atoms with Crippen LogP contribution in [0.4, 0.5) is 0 Å². The van der Waals surface area contributed by atoms with Crippen LogP contribution in [-0.4, -0.2) is 12.9 Å². The Balaban J connectivity index is 0.00000121. The Hall–Kier alpha value is -0.830. The molecule has 0 saturated carbocycles. The summed E-state index contributed by atoms with van der Waals surface area (Å²) < 4.78 is 4.99. The van der Waals surface area contributed by atoms with Crippen molar-refractivity contribution < 1.29 is 9.53 Å². The standard InChI is InChI=1S/C9H10O2.BrH/c1-7(10)8-5-3-4-6-9(8)11-2;/h3-6H,1-2H3;1H. The SMILES string of the molecule is Br.COc1ccccc1C(C)=O. The molecule has 0 atom stereocenters. The van der Waals surface area contributed by atoms with E-state index in [2.05, 4.69) is 0 Å². The van der Waals surface area contributed by atoms with Gasteiger partial charge in [-0.15, -0.1) is 17.0 Å². The first kappa shape index (κ1) is 11.2. The molecule has 0 aliphatic carbocycles. The van der Waals surface area contributed by atoms with Gasteiger partial charge in [0.15, 0.2) is 5.78 Å². The summed E-state index contributed by atoms with van der Waals surface area (Å²) in [5, 5.41) is 0. The van der Waals surface area contributed by atoms with Crippen molar-refractivity contribution in [3.8, 4) is 5.75 Å². The maximum Gasteiger partial charge on any atom is 0.163 e. The van der Waals surface area contributed by atoms with Crippen molar-refractivity contribution in [2.24, 2.45) is 0 Å². The van der Waals surface area contributed by atoms with Crippen LogP contribution >= 0.6 is 17.0 Å². The van der Waals surface area contributed by atoms with Gasteiger partial charge in [-0.1, -0.05) is 12.1 Å². The minimum atomic E-state index is 0. The number of ether oxygens (including phenoxy) is 1. The summed E-state index contributed by atoms with van der Waals surface area (Å²) in [5.74, 6) is 0.669. The maximum atomic E-state index is 10.9. The first-order chi connectivity index (χ1) is 5.25. The van der Waals surface area contributed by atoms with Crippen LogP contribution in [0.3, 0.4) is 0 Å². The number of methoxy groups -OCH3 is 1. The fourth-order valence-corrected chi connectivity index (χ4v) is 0.935. The number of benzene rings is 1. The van der Waals surface area contributed by atoms with Crippen LogP contribution in [0.15, 0.2) is 24.3 Å². The maximum absolute atomic E-state index is 10.9. The van der Waals surface area contributed by atoms with Crippen LogP contribution in [0.5, 0.6) is 5.75 Å². The van der Waals surface area contributed by atoms with Gasteiger partial charge < -0.3 is 4.74 Å². The zero-order valence-corrected chi connectivity index (χ0v) is 8.75. The molecule has 0 amide bonds. The highest BCUT2D eigenvalue weighted by molar-refractivity contribution is 8.93. The van der Waals surface area contributed by atoms with Crippen LogP contribution in [0, 0.1) is 0 Å². The normalized spacial score (nSPS) is 8.50. The van der Waals surface area contributed by atoms with E-state index in [0.717, 1.165) is 0 Å². The summed E-state index contributed by atoms with van der Waals surface area (Å²) in [4.78, 5) is 10.9. The molecule has 3 heteroatoms. The van der Waals surface area contributed by atoms with Gasteiger partial charge in [0.25, 0.3) is 0 Å². The summed E-state index contributed by atoms with van der Waals surface area (Å²) in [7, 11) is 1.56. The third-order valence-electron chi connectivity index (χ3n) is 1.49. The van der Waals surface area contributed by atoms with Gasteiger partial charge in [0.1, 0.15) is 5.75 Å². The summed E-state index contributed by atoms with van der Waals surface area (Å²) in [6.07, 6.45) is 0. The molecule has 0 fully saturated rings.